The molecule has 122 valence electrons. The molecule has 1 amide bonds. The molecule has 0 saturated carbocycles. The van der Waals surface area contributed by atoms with Crippen molar-refractivity contribution in [2.45, 2.75) is 6.04 Å². The van der Waals surface area contributed by atoms with E-state index in [4.69, 9.17) is 0 Å². The fourth-order valence-corrected chi connectivity index (χ4v) is 2.88. The quantitative estimate of drug-likeness (QED) is 0.738. The van der Waals surface area contributed by atoms with Gasteiger partial charge in [-0.2, -0.15) is 0 Å². The highest BCUT2D eigenvalue weighted by atomic mass is 79.9. The number of carbonyl (C=O) groups is 1. The number of nitrogens with zero attached hydrogens (tertiary/aromatic N) is 2. The number of imidazole rings is 1. The average Bonchev–Trinajstić information content (AvgIpc) is 2.98. The van der Waals surface area contributed by atoms with Gasteiger partial charge in [-0.05, 0) is 35.9 Å². The van der Waals surface area contributed by atoms with Crippen LogP contribution in [0.3, 0.4) is 0 Å². The largest absolute Gasteiger partial charge is 0.338 e. The van der Waals surface area contributed by atoms with Crippen molar-refractivity contribution in [3.05, 3.63) is 88.2 Å². The average molecular weight is 388 g/mol. The van der Waals surface area contributed by atoms with Gasteiger partial charge in [0.15, 0.2) is 0 Å². The van der Waals surface area contributed by atoms with Gasteiger partial charge in [0.2, 0.25) is 0 Å². The number of aromatic nitrogens is 2. The second-order valence-corrected chi connectivity index (χ2v) is 6.28. The van der Waals surface area contributed by atoms with Crippen molar-refractivity contribution in [2.24, 2.45) is 7.05 Å². The van der Waals surface area contributed by atoms with E-state index in [2.05, 4.69) is 26.2 Å². The van der Waals surface area contributed by atoms with Crippen molar-refractivity contribution in [3.63, 3.8) is 0 Å². The number of hydrogen-bond donors (Lipinski definition) is 1. The van der Waals surface area contributed by atoms with E-state index in [1.54, 1.807) is 47.3 Å². The summed E-state index contributed by atoms with van der Waals surface area (Å²) in [6, 6.07) is 12.7. The van der Waals surface area contributed by atoms with Crippen molar-refractivity contribution in [3.8, 4) is 0 Å². The Morgan fingerprint density at radius 3 is 2.71 bits per heavy atom. The van der Waals surface area contributed by atoms with Crippen LogP contribution in [-0.2, 0) is 7.05 Å². The van der Waals surface area contributed by atoms with Gasteiger partial charge in [0.1, 0.15) is 17.7 Å². The van der Waals surface area contributed by atoms with Crippen LogP contribution in [0, 0.1) is 5.82 Å². The fraction of sp³-hybridized carbons (Fsp3) is 0.111. The molecule has 0 saturated heterocycles. The zero-order valence-corrected chi connectivity index (χ0v) is 14.5. The summed E-state index contributed by atoms with van der Waals surface area (Å²) in [7, 11) is 1.83. The Morgan fingerprint density at radius 2 is 2.04 bits per heavy atom. The minimum atomic E-state index is -0.549. The zero-order chi connectivity index (χ0) is 17.1. The lowest BCUT2D eigenvalue weighted by Crippen LogP contribution is -2.31. The molecule has 0 bridgehead atoms. The number of aryl methyl sites for hydroxylation is 1. The maximum absolute atomic E-state index is 13.6. The summed E-state index contributed by atoms with van der Waals surface area (Å²) in [4.78, 5) is 16.9. The van der Waals surface area contributed by atoms with Gasteiger partial charge in [-0.15, -0.1) is 0 Å². The van der Waals surface area contributed by atoms with Gasteiger partial charge in [0.25, 0.3) is 5.91 Å². The maximum atomic E-state index is 13.6. The Kier molecular flexibility index (Phi) is 4.76. The Bertz CT molecular complexity index is 878. The third-order valence-electron chi connectivity index (χ3n) is 3.66. The van der Waals surface area contributed by atoms with Crippen LogP contribution in [0.15, 0.2) is 65.4 Å². The van der Waals surface area contributed by atoms with E-state index in [-0.39, 0.29) is 11.7 Å². The molecule has 3 rings (SSSR count). The van der Waals surface area contributed by atoms with E-state index in [0.717, 1.165) is 4.47 Å². The molecule has 3 aromatic rings. The molecule has 0 spiro atoms. The first-order valence-corrected chi connectivity index (χ1v) is 8.13. The zero-order valence-electron chi connectivity index (χ0n) is 12.9. The molecule has 1 aromatic heterocycles. The second-order valence-electron chi connectivity index (χ2n) is 5.37. The number of amides is 1. The summed E-state index contributed by atoms with van der Waals surface area (Å²) in [6.07, 6.45) is 3.43. The lowest BCUT2D eigenvalue weighted by Gasteiger charge is -2.19. The molecule has 0 aliphatic carbocycles. The molecule has 4 nitrogen and oxygen atoms in total. The van der Waals surface area contributed by atoms with E-state index in [0.29, 0.717) is 17.0 Å². The molecule has 0 aliphatic rings. The molecule has 24 heavy (non-hydrogen) atoms. The normalized spacial score (nSPS) is 12.0. The summed E-state index contributed by atoms with van der Waals surface area (Å²) < 4.78 is 16.3. The number of halogens is 2. The maximum Gasteiger partial charge on any atom is 0.252 e. The van der Waals surface area contributed by atoms with Crippen molar-refractivity contribution in [1.82, 2.24) is 14.9 Å². The Labute approximate surface area is 147 Å². The van der Waals surface area contributed by atoms with E-state index >= 15 is 0 Å². The van der Waals surface area contributed by atoms with Crippen LogP contribution in [0.4, 0.5) is 4.39 Å². The summed E-state index contributed by atoms with van der Waals surface area (Å²) in [5, 5.41) is 2.94. The van der Waals surface area contributed by atoms with Gasteiger partial charge in [0, 0.05) is 29.5 Å². The van der Waals surface area contributed by atoms with Crippen molar-refractivity contribution in [2.75, 3.05) is 0 Å². The first kappa shape index (κ1) is 16.4. The summed E-state index contributed by atoms with van der Waals surface area (Å²) in [6.45, 7) is 0. The van der Waals surface area contributed by atoms with Gasteiger partial charge in [-0.25, -0.2) is 9.37 Å². The van der Waals surface area contributed by atoms with Crippen LogP contribution in [0.2, 0.25) is 0 Å². The minimum Gasteiger partial charge on any atom is -0.338 e. The molecule has 6 heteroatoms. The third kappa shape index (κ3) is 3.54. The highest BCUT2D eigenvalue weighted by molar-refractivity contribution is 9.10. The van der Waals surface area contributed by atoms with Gasteiger partial charge in [-0.3, -0.25) is 4.79 Å². The predicted octanol–water partition coefficient (Wildman–Crippen LogP) is 3.84. The van der Waals surface area contributed by atoms with Crippen LogP contribution in [0.5, 0.6) is 0 Å². The van der Waals surface area contributed by atoms with Gasteiger partial charge >= 0.3 is 0 Å². The summed E-state index contributed by atoms with van der Waals surface area (Å²) in [5.74, 6) is 0.0147. The van der Waals surface area contributed by atoms with E-state index in [9.17, 15) is 9.18 Å². The molecule has 1 heterocycles. The number of carbonyl (C=O) groups excluding carboxylic acids is 1. The van der Waals surface area contributed by atoms with Crippen LogP contribution in [0.1, 0.15) is 27.8 Å². The van der Waals surface area contributed by atoms with Crippen molar-refractivity contribution >= 4 is 21.8 Å². The van der Waals surface area contributed by atoms with Crippen LogP contribution < -0.4 is 5.32 Å². The SMILES string of the molecule is Cn1ccnc1C(NC(=O)c1cccc(Br)c1)c1cccc(F)c1. The minimum absolute atomic E-state index is 0.256. The first-order chi connectivity index (χ1) is 11.5. The Morgan fingerprint density at radius 1 is 1.25 bits per heavy atom. The molecule has 0 radical (unpaired) electrons. The fourth-order valence-electron chi connectivity index (χ4n) is 2.48. The highest BCUT2D eigenvalue weighted by Gasteiger charge is 2.22. The van der Waals surface area contributed by atoms with E-state index in [1.165, 1.54) is 12.1 Å². The molecule has 0 aliphatic heterocycles. The van der Waals surface area contributed by atoms with Crippen LogP contribution >= 0.6 is 15.9 Å². The van der Waals surface area contributed by atoms with Gasteiger partial charge < -0.3 is 9.88 Å². The summed E-state index contributed by atoms with van der Waals surface area (Å²) >= 11 is 3.36. The molecule has 1 atom stereocenters. The number of hydrogen-bond acceptors (Lipinski definition) is 2. The standard InChI is InChI=1S/C18H15BrFN3O/c1-23-9-8-21-17(23)16(12-4-3-7-15(20)11-12)22-18(24)13-5-2-6-14(19)10-13/h2-11,16H,1H3,(H,22,24). The predicted molar refractivity (Wildman–Crippen MR) is 93.1 cm³/mol. The lowest BCUT2D eigenvalue weighted by atomic mass is 10.0. The first-order valence-electron chi connectivity index (χ1n) is 7.34. The number of nitrogens with one attached hydrogen (secondary N) is 1. The third-order valence-corrected chi connectivity index (χ3v) is 4.15. The van der Waals surface area contributed by atoms with Crippen LogP contribution in [0.25, 0.3) is 0 Å². The molecular formula is C18H15BrFN3O. The van der Waals surface area contributed by atoms with Crippen molar-refractivity contribution < 1.29 is 9.18 Å². The highest BCUT2D eigenvalue weighted by Crippen LogP contribution is 2.22. The van der Waals surface area contributed by atoms with Gasteiger partial charge in [-0.1, -0.05) is 34.1 Å². The number of benzene rings is 2. The smallest absolute Gasteiger partial charge is 0.252 e. The molecule has 1 unspecified atom stereocenters. The van der Waals surface area contributed by atoms with E-state index in [1.807, 2.05) is 13.1 Å². The molecule has 2 aromatic carbocycles. The number of rotatable bonds is 4. The van der Waals surface area contributed by atoms with Crippen LogP contribution in [-0.4, -0.2) is 15.5 Å². The topological polar surface area (TPSA) is 46.9 Å². The lowest BCUT2D eigenvalue weighted by molar-refractivity contribution is 0.0941. The molecule has 1 N–H and O–H groups in total. The Balaban J connectivity index is 1.96. The second kappa shape index (κ2) is 6.97. The molecule has 0 fully saturated rings. The van der Waals surface area contributed by atoms with Crippen molar-refractivity contribution in [1.29, 1.82) is 0 Å². The monoisotopic (exact) mass is 387 g/mol. The van der Waals surface area contributed by atoms with E-state index < -0.39 is 6.04 Å². The summed E-state index contributed by atoms with van der Waals surface area (Å²) in [5.41, 5.74) is 1.15. The van der Waals surface area contributed by atoms with Gasteiger partial charge in [0.05, 0.1) is 0 Å². The Hall–Kier alpha value is -2.47. The molecular weight excluding hydrogens is 373 g/mol.